The number of hydrogen-bond donors (Lipinski definition) is 3. The van der Waals surface area contributed by atoms with E-state index in [1.807, 2.05) is 24.5 Å². The number of nitrogens with one attached hydrogen (secondary N) is 1. The molecule has 1 saturated heterocycles. The second-order valence-electron chi connectivity index (χ2n) is 4.91. The van der Waals surface area contributed by atoms with Crippen molar-refractivity contribution in [2.45, 2.75) is 18.8 Å². The van der Waals surface area contributed by atoms with Crippen molar-refractivity contribution in [1.29, 1.82) is 0 Å². The average Bonchev–Trinajstić information content (AvgIpc) is 2.97. The fourth-order valence-corrected chi connectivity index (χ4v) is 2.65. The Labute approximate surface area is 106 Å². The fraction of sp³-hybridized carbons (Fsp3) is 0.417. The summed E-state index contributed by atoms with van der Waals surface area (Å²) in [5.74, 6) is -0.0199. The zero-order chi connectivity index (χ0) is 12.5. The third-order valence-electron chi connectivity index (χ3n) is 3.67. The van der Waals surface area contributed by atoms with E-state index in [-0.39, 0.29) is 5.82 Å². The number of aromatic nitrogens is 2. The molecule has 2 aromatic heterocycles. The van der Waals surface area contributed by atoms with Gasteiger partial charge in [-0.05, 0) is 37.2 Å². The fourth-order valence-electron chi connectivity index (χ4n) is 2.65. The van der Waals surface area contributed by atoms with Gasteiger partial charge in [0, 0.05) is 30.1 Å². The largest absolute Gasteiger partial charge is 0.456 e. The first kappa shape index (κ1) is 11.7. The van der Waals surface area contributed by atoms with E-state index < -0.39 is 7.12 Å². The Morgan fingerprint density at radius 3 is 3.11 bits per heavy atom. The Kier molecular flexibility index (Phi) is 3.07. The summed E-state index contributed by atoms with van der Waals surface area (Å²) in [6, 6.07) is 4.06. The minimum Gasteiger partial charge on any atom is -0.427 e. The third kappa shape index (κ3) is 2.14. The second kappa shape index (κ2) is 4.72. The van der Waals surface area contributed by atoms with Crippen molar-refractivity contribution in [3.63, 3.8) is 0 Å². The van der Waals surface area contributed by atoms with Gasteiger partial charge in [0.25, 0.3) is 0 Å². The average molecular weight is 245 g/mol. The molecule has 6 heteroatoms. The molecular weight excluding hydrogens is 229 g/mol. The van der Waals surface area contributed by atoms with Crippen LogP contribution in [-0.2, 0) is 6.54 Å². The molecule has 1 aliphatic heterocycles. The van der Waals surface area contributed by atoms with Crippen molar-refractivity contribution in [2.24, 2.45) is 0 Å². The topological polar surface area (TPSA) is 72.4 Å². The van der Waals surface area contributed by atoms with Gasteiger partial charge >= 0.3 is 7.12 Å². The van der Waals surface area contributed by atoms with Crippen LogP contribution < -0.4 is 0 Å². The first-order valence-electron chi connectivity index (χ1n) is 6.23. The van der Waals surface area contributed by atoms with E-state index >= 15 is 0 Å². The highest BCUT2D eigenvalue weighted by atomic mass is 16.4. The van der Waals surface area contributed by atoms with E-state index in [1.54, 1.807) is 0 Å². The lowest BCUT2D eigenvalue weighted by Gasteiger charge is -2.16. The first-order valence-corrected chi connectivity index (χ1v) is 6.23. The third-order valence-corrected chi connectivity index (χ3v) is 3.67. The van der Waals surface area contributed by atoms with E-state index in [4.69, 9.17) is 0 Å². The molecule has 0 aromatic carbocycles. The molecule has 0 bridgehead atoms. The maximum Gasteiger partial charge on any atom is 0.456 e. The lowest BCUT2D eigenvalue weighted by molar-refractivity contribution is 0.322. The molecule has 3 N–H and O–H groups in total. The van der Waals surface area contributed by atoms with Crippen molar-refractivity contribution in [3.05, 3.63) is 30.1 Å². The van der Waals surface area contributed by atoms with E-state index in [0.29, 0.717) is 0 Å². The molecule has 1 atom stereocenters. The number of nitrogens with zero attached hydrogens (tertiary/aromatic N) is 2. The van der Waals surface area contributed by atoms with Crippen LogP contribution in [0.25, 0.3) is 11.0 Å². The summed E-state index contributed by atoms with van der Waals surface area (Å²) in [6.45, 7) is 2.49. The van der Waals surface area contributed by atoms with E-state index in [9.17, 15) is 10.0 Å². The Hall–Kier alpha value is -1.37. The SMILES string of the molecule is OB(O)C1CCN(Cc2ccnc3[nH]ccc23)C1. The number of fused-ring (bicyclic) bond motifs is 1. The van der Waals surface area contributed by atoms with Crippen molar-refractivity contribution >= 4 is 18.2 Å². The molecule has 1 aliphatic rings. The predicted molar refractivity (Wildman–Crippen MR) is 69.9 cm³/mol. The standard InChI is InChI=1S/C12H16BN3O2/c17-13(18)10-3-6-16(8-10)7-9-1-4-14-12-11(9)2-5-15-12/h1-2,4-5,10,17-18H,3,6-8H2,(H,14,15). The Bertz CT molecular complexity index is 543. The van der Waals surface area contributed by atoms with Crippen LogP contribution in [0.5, 0.6) is 0 Å². The van der Waals surface area contributed by atoms with Crippen molar-refractivity contribution in [3.8, 4) is 0 Å². The van der Waals surface area contributed by atoms with E-state index in [1.165, 1.54) is 5.56 Å². The number of hydrogen-bond acceptors (Lipinski definition) is 4. The maximum absolute atomic E-state index is 9.19. The summed E-state index contributed by atoms with van der Waals surface area (Å²) in [4.78, 5) is 9.62. The molecule has 94 valence electrons. The monoisotopic (exact) mass is 245 g/mol. The zero-order valence-electron chi connectivity index (χ0n) is 10.1. The normalized spacial score (nSPS) is 20.7. The van der Waals surface area contributed by atoms with Gasteiger partial charge in [-0.1, -0.05) is 0 Å². The highest BCUT2D eigenvalue weighted by Gasteiger charge is 2.31. The smallest absolute Gasteiger partial charge is 0.427 e. The van der Waals surface area contributed by atoms with Crippen molar-refractivity contribution < 1.29 is 10.0 Å². The quantitative estimate of drug-likeness (QED) is 0.693. The van der Waals surface area contributed by atoms with Crippen LogP contribution in [-0.4, -0.2) is 45.1 Å². The lowest BCUT2D eigenvalue weighted by Crippen LogP contribution is -2.25. The van der Waals surface area contributed by atoms with Gasteiger partial charge in [-0.25, -0.2) is 4.98 Å². The molecule has 1 fully saturated rings. The molecule has 0 radical (unpaired) electrons. The molecule has 0 saturated carbocycles. The summed E-state index contributed by atoms with van der Waals surface area (Å²) < 4.78 is 0. The predicted octanol–water partition coefficient (Wildman–Crippen LogP) is 0.612. The molecule has 18 heavy (non-hydrogen) atoms. The summed E-state index contributed by atoms with van der Waals surface area (Å²) in [7, 11) is -1.19. The molecule has 1 unspecified atom stereocenters. The number of rotatable bonds is 3. The van der Waals surface area contributed by atoms with Gasteiger partial charge in [-0.2, -0.15) is 0 Å². The van der Waals surface area contributed by atoms with Gasteiger partial charge in [-0.3, -0.25) is 4.90 Å². The zero-order valence-corrected chi connectivity index (χ0v) is 10.1. The second-order valence-corrected chi connectivity index (χ2v) is 4.91. The van der Waals surface area contributed by atoms with Gasteiger partial charge < -0.3 is 15.0 Å². The van der Waals surface area contributed by atoms with Crippen LogP contribution in [0.2, 0.25) is 5.82 Å². The van der Waals surface area contributed by atoms with Gasteiger partial charge in [-0.15, -0.1) is 0 Å². The maximum atomic E-state index is 9.19. The number of pyridine rings is 1. The van der Waals surface area contributed by atoms with Crippen LogP contribution in [0.3, 0.4) is 0 Å². The highest BCUT2D eigenvalue weighted by Crippen LogP contribution is 2.26. The first-order chi connectivity index (χ1) is 8.74. The van der Waals surface area contributed by atoms with Crippen LogP contribution in [0.15, 0.2) is 24.5 Å². The highest BCUT2D eigenvalue weighted by molar-refractivity contribution is 6.43. The Morgan fingerprint density at radius 2 is 2.33 bits per heavy atom. The summed E-state index contributed by atoms with van der Waals surface area (Å²) in [5.41, 5.74) is 2.14. The van der Waals surface area contributed by atoms with Crippen LogP contribution in [0.1, 0.15) is 12.0 Å². The Balaban J connectivity index is 1.75. The summed E-state index contributed by atoms with van der Waals surface area (Å²) in [5, 5.41) is 19.5. The van der Waals surface area contributed by atoms with E-state index in [0.717, 1.165) is 37.1 Å². The minimum atomic E-state index is -1.19. The molecule has 5 nitrogen and oxygen atoms in total. The van der Waals surface area contributed by atoms with Gasteiger partial charge in [0.15, 0.2) is 0 Å². The number of H-pyrrole nitrogens is 1. The van der Waals surface area contributed by atoms with Crippen molar-refractivity contribution in [1.82, 2.24) is 14.9 Å². The number of likely N-dealkylation sites (tertiary alicyclic amines) is 1. The molecule has 2 aromatic rings. The molecule has 0 aliphatic carbocycles. The lowest BCUT2D eigenvalue weighted by atomic mass is 9.72. The van der Waals surface area contributed by atoms with Crippen LogP contribution in [0.4, 0.5) is 0 Å². The van der Waals surface area contributed by atoms with E-state index in [2.05, 4.69) is 14.9 Å². The van der Waals surface area contributed by atoms with Crippen LogP contribution in [0, 0.1) is 0 Å². The number of aromatic amines is 1. The minimum absolute atomic E-state index is 0.0199. The Morgan fingerprint density at radius 1 is 1.44 bits per heavy atom. The summed E-state index contributed by atoms with van der Waals surface area (Å²) >= 11 is 0. The van der Waals surface area contributed by atoms with Crippen LogP contribution >= 0.6 is 0 Å². The molecule has 3 rings (SSSR count). The molecule has 0 spiro atoms. The summed E-state index contributed by atoms with van der Waals surface area (Å²) in [6.07, 6.45) is 4.55. The molecular formula is C12H16BN3O2. The van der Waals surface area contributed by atoms with Crippen molar-refractivity contribution in [2.75, 3.05) is 13.1 Å². The van der Waals surface area contributed by atoms with Gasteiger partial charge in [0.2, 0.25) is 0 Å². The molecule has 3 heterocycles. The van der Waals surface area contributed by atoms with Gasteiger partial charge in [0.1, 0.15) is 5.65 Å². The van der Waals surface area contributed by atoms with Gasteiger partial charge in [0.05, 0.1) is 0 Å². The molecule has 0 amide bonds.